The second kappa shape index (κ2) is 4.82. The van der Waals surface area contributed by atoms with Gasteiger partial charge in [-0.05, 0) is 19.3 Å². The van der Waals surface area contributed by atoms with Crippen LogP contribution in [0.4, 0.5) is 0 Å². The van der Waals surface area contributed by atoms with Crippen LogP contribution in [0.5, 0.6) is 0 Å². The average Bonchev–Trinajstić information content (AvgIpc) is 1.69. The van der Waals surface area contributed by atoms with Gasteiger partial charge < -0.3 is 0 Å². The Balaban J connectivity index is 0.000000490. The van der Waals surface area contributed by atoms with Gasteiger partial charge in [0.15, 0.2) is 0 Å². The predicted molar refractivity (Wildman–Crippen MR) is 31.7 cm³/mol. The Morgan fingerprint density at radius 3 is 1.75 bits per heavy atom. The summed E-state index contributed by atoms with van der Waals surface area (Å²) in [6.45, 7) is 3.91. The molecule has 0 aromatic heterocycles. The maximum Gasteiger partial charge on any atom is 0.0592 e. The molecule has 0 aromatic carbocycles. The van der Waals surface area contributed by atoms with Gasteiger partial charge in [-0.3, -0.25) is 0 Å². The maximum absolute atomic E-state index is 3.91. The molecule has 1 aliphatic carbocycles. The SMILES string of the molecule is [CH2-][C+]1CCCCC1.[Y]. The number of rotatable bonds is 0. The Hall–Kier alpha value is 0.974. The van der Waals surface area contributed by atoms with Crippen molar-refractivity contribution in [3.63, 3.8) is 0 Å². The zero-order valence-corrected chi connectivity index (χ0v) is 8.16. The molecule has 0 saturated heterocycles. The summed E-state index contributed by atoms with van der Waals surface area (Å²) < 4.78 is 0. The van der Waals surface area contributed by atoms with Gasteiger partial charge in [-0.2, -0.15) is 0 Å². The molecular weight excluding hydrogens is 173 g/mol. The zero-order valence-electron chi connectivity index (χ0n) is 5.32. The average molecular weight is 185 g/mol. The van der Waals surface area contributed by atoms with E-state index in [1.165, 1.54) is 38.0 Å². The van der Waals surface area contributed by atoms with Gasteiger partial charge in [0.25, 0.3) is 0 Å². The maximum atomic E-state index is 3.91. The van der Waals surface area contributed by atoms with Gasteiger partial charge >= 0.3 is 0 Å². The van der Waals surface area contributed by atoms with Gasteiger partial charge in [0.1, 0.15) is 0 Å². The molecule has 0 bridgehead atoms. The second-order valence-corrected chi connectivity index (χ2v) is 2.31. The molecule has 0 nitrogen and oxygen atoms in total. The molecule has 1 aliphatic rings. The van der Waals surface area contributed by atoms with Crippen LogP contribution in [0.3, 0.4) is 0 Å². The van der Waals surface area contributed by atoms with Crippen LogP contribution in [0.25, 0.3) is 0 Å². The molecule has 1 radical (unpaired) electrons. The third-order valence-corrected chi connectivity index (χ3v) is 1.56. The van der Waals surface area contributed by atoms with Crippen LogP contribution >= 0.6 is 0 Å². The van der Waals surface area contributed by atoms with Crippen LogP contribution in [0.1, 0.15) is 32.1 Å². The van der Waals surface area contributed by atoms with Crippen molar-refractivity contribution in [2.45, 2.75) is 32.1 Å². The summed E-state index contributed by atoms with van der Waals surface area (Å²) in [6.07, 6.45) is 6.79. The van der Waals surface area contributed by atoms with Gasteiger partial charge in [0, 0.05) is 32.7 Å². The summed E-state index contributed by atoms with van der Waals surface area (Å²) >= 11 is 0. The van der Waals surface area contributed by atoms with Crippen LogP contribution in [0.15, 0.2) is 0 Å². The Kier molecular flexibility index (Phi) is 5.40. The standard InChI is InChI=1S/C7H12.Y/c1-7-5-3-2-4-6-7;/h1-6H2;. The van der Waals surface area contributed by atoms with E-state index < -0.39 is 0 Å². The normalized spacial score (nSPS) is 19.9. The van der Waals surface area contributed by atoms with Crippen molar-refractivity contribution in [1.82, 2.24) is 0 Å². The van der Waals surface area contributed by atoms with E-state index in [2.05, 4.69) is 6.92 Å². The van der Waals surface area contributed by atoms with Crippen LogP contribution in [0.2, 0.25) is 0 Å². The van der Waals surface area contributed by atoms with Gasteiger partial charge in [-0.15, -0.1) is 6.92 Å². The molecule has 1 saturated carbocycles. The fourth-order valence-electron chi connectivity index (χ4n) is 1.05. The van der Waals surface area contributed by atoms with Gasteiger partial charge in [0.2, 0.25) is 0 Å². The van der Waals surface area contributed by atoms with Gasteiger partial charge in [-0.25, -0.2) is 0 Å². The largest absolute Gasteiger partial charge is 0.147 e. The van der Waals surface area contributed by atoms with E-state index in [0.717, 1.165) is 0 Å². The summed E-state index contributed by atoms with van der Waals surface area (Å²) in [5.74, 6) is 1.46. The smallest absolute Gasteiger partial charge is 0.0592 e. The summed E-state index contributed by atoms with van der Waals surface area (Å²) in [5.41, 5.74) is 0. The third-order valence-electron chi connectivity index (χ3n) is 1.56. The molecule has 0 amide bonds. The predicted octanol–water partition coefficient (Wildman–Crippen LogP) is 2.36. The summed E-state index contributed by atoms with van der Waals surface area (Å²) in [5, 5.41) is 0. The molecule has 0 aliphatic heterocycles. The van der Waals surface area contributed by atoms with E-state index in [1.54, 1.807) is 0 Å². The van der Waals surface area contributed by atoms with Crippen LogP contribution in [-0.2, 0) is 32.7 Å². The molecule has 0 spiro atoms. The molecule has 43 valence electrons. The van der Waals surface area contributed by atoms with Gasteiger partial charge in [-0.1, -0.05) is 5.92 Å². The molecule has 1 rings (SSSR count). The van der Waals surface area contributed by atoms with Crippen LogP contribution in [-0.4, -0.2) is 0 Å². The first-order valence-corrected chi connectivity index (χ1v) is 3.06. The molecule has 1 fully saturated rings. The molecule has 0 N–H and O–H groups in total. The number of hydrogen-bond donors (Lipinski definition) is 0. The molecule has 0 unspecified atom stereocenters. The number of hydrogen-bond acceptors (Lipinski definition) is 0. The Morgan fingerprint density at radius 2 is 1.50 bits per heavy atom. The van der Waals surface area contributed by atoms with E-state index in [-0.39, 0.29) is 32.7 Å². The van der Waals surface area contributed by atoms with Crippen molar-refractivity contribution in [3.05, 3.63) is 12.8 Å². The fourth-order valence-corrected chi connectivity index (χ4v) is 1.05. The fraction of sp³-hybridized carbons (Fsp3) is 0.714. The van der Waals surface area contributed by atoms with E-state index in [4.69, 9.17) is 0 Å². The molecular formula is C7H12Y. The Bertz CT molecular complexity index is 46.3. The van der Waals surface area contributed by atoms with Crippen molar-refractivity contribution in [2.75, 3.05) is 0 Å². The zero-order chi connectivity index (χ0) is 5.11. The Labute approximate surface area is 77.3 Å². The summed E-state index contributed by atoms with van der Waals surface area (Å²) in [6, 6.07) is 0. The van der Waals surface area contributed by atoms with E-state index in [0.29, 0.717) is 0 Å². The molecule has 0 aromatic rings. The van der Waals surface area contributed by atoms with Crippen molar-refractivity contribution in [2.24, 2.45) is 0 Å². The topological polar surface area (TPSA) is 0 Å². The minimum absolute atomic E-state index is 0. The van der Waals surface area contributed by atoms with E-state index in [9.17, 15) is 0 Å². The van der Waals surface area contributed by atoms with Gasteiger partial charge in [0.05, 0.1) is 12.8 Å². The first-order chi connectivity index (χ1) is 3.39. The quantitative estimate of drug-likeness (QED) is 0.508. The minimum atomic E-state index is 0. The molecule has 1 heteroatoms. The van der Waals surface area contributed by atoms with E-state index in [1.807, 2.05) is 0 Å². The van der Waals surface area contributed by atoms with Crippen molar-refractivity contribution < 1.29 is 32.7 Å². The summed E-state index contributed by atoms with van der Waals surface area (Å²) in [7, 11) is 0. The summed E-state index contributed by atoms with van der Waals surface area (Å²) in [4.78, 5) is 0. The second-order valence-electron chi connectivity index (χ2n) is 2.31. The molecule has 0 heterocycles. The monoisotopic (exact) mass is 185 g/mol. The first kappa shape index (κ1) is 8.97. The third kappa shape index (κ3) is 3.09. The molecule has 0 atom stereocenters. The first-order valence-electron chi connectivity index (χ1n) is 3.06. The molecule has 8 heavy (non-hydrogen) atoms. The van der Waals surface area contributed by atoms with Crippen LogP contribution in [0, 0.1) is 12.8 Å². The van der Waals surface area contributed by atoms with E-state index >= 15 is 0 Å². The van der Waals surface area contributed by atoms with Crippen molar-refractivity contribution >= 4 is 0 Å². The van der Waals surface area contributed by atoms with Crippen molar-refractivity contribution in [1.29, 1.82) is 0 Å². The van der Waals surface area contributed by atoms with Crippen LogP contribution < -0.4 is 0 Å². The van der Waals surface area contributed by atoms with Crippen molar-refractivity contribution in [3.8, 4) is 0 Å². The Morgan fingerprint density at radius 1 is 1.00 bits per heavy atom. The minimum Gasteiger partial charge on any atom is -0.147 e.